The van der Waals surface area contributed by atoms with Crippen LogP contribution in [0.25, 0.3) is 0 Å². The van der Waals surface area contributed by atoms with Crippen LogP contribution < -0.4 is 21.3 Å². The fourth-order valence-electron chi connectivity index (χ4n) is 1.05. The van der Waals surface area contributed by atoms with Crippen LogP contribution in [-0.4, -0.2) is 36.3 Å². The Bertz CT molecular complexity index is 370. The zero-order valence-electron chi connectivity index (χ0n) is 9.49. The van der Waals surface area contributed by atoms with Crippen molar-refractivity contribution in [2.75, 3.05) is 25.5 Å². The second-order valence-corrected chi connectivity index (χ2v) is 3.53. The third-order valence-corrected chi connectivity index (χ3v) is 2.11. The smallest absolute Gasteiger partial charge is 0.314 e. The van der Waals surface area contributed by atoms with E-state index in [1.54, 1.807) is 19.4 Å². The second kappa shape index (κ2) is 7.39. The Morgan fingerprint density at radius 1 is 1.29 bits per heavy atom. The number of anilines is 1. The number of thiocarbonyl (C=S) groups is 1. The lowest BCUT2D eigenvalue weighted by molar-refractivity contribution is 0.243. The molecule has 6 nitrogen and oxygen atoms in total. The molecule has 0 saturated carbocycles. The molecule has 0 spiro atoms. The molecule has 0 saturated heterocycles. The Morgan fingerprint density at radius 3 is 2.59 bits per heavy atom. The normalized spacial score (nSPS) is 9.24. The highest BCUT2D eigenvalue weighted by molar-refractivity contribution is 7.80. The van der Waals surface area contributed by atoms with E-state index in [1.165, 1.54) is 0 Å². The predicted octanol–water partition coefficient (Wildman–Crippen LogP) is 0.297. The van der Waals surface area contributed by atoms with E-state index in [2.05, 4.69) is 26.3 Å². The highest BCUT2D eigenvalue weighted by atomic mass is 32.1. The average Bonchev–Trinajstić information content (AvgIpc) is 2.35. The van der Waals surface area contributed by atoms with Crippen molar-refractivity contribution in [2.45, 2.75) is 0 Å². The molecule has 1 aromatic rings. The van der Waals surface area contributed by atoms with Gasteiger partial charge in [0.05, 0.1) is 0 Å². The van der Waals surface area contributed by atoms with E-state index in [1.807, 2.05) is 12.1 Å². The van der Waals surface area contributed by atoms with Gasteiger partial charge in [0, 0.05) is 38.2 Å². The number of hydrogen-bond donors (Lipinski definition) is 4. The first-order chi connectivity index (χ1) is 8.22. The van der Waals surface area contributed by atoms with Crippen LogP contribution in [0.2, 0.25) is 0 Å². The first-order valence-electron chi connectivity index (χ1n) is 5.13. The van der Waals surface area contributed by atoms with Crippen LogP contribution >= 0.6 is 12.2 Å². The van der Waals surface area contributed by atoms with E-state index in [0.717, 1.165) is 5.69 Å². The van der Waals surface area contributed by atoms with Crippen molar-refractivity contribution in [3.8, 4) is 0 Å². The Morgan fingerprint density at radius 2 is 1.94 bits per heavy atom. The zero-order chi connectivity index (χ0) is 12.5. The number of carbonyl (C=O) groups is 1. The van der Waals surface area contributed by atoms with E-state index in [0.29, 0.717) is 18.2 Å². The predicted molar refractivity (Wildman–Crippen MR) is 70.9 cm³/mol. The lowest BCUT2D eigenvalue weighted by Crippen LogP contribution is -2.39. The summed E-state index contributed by atoms with van der Waals surface area (Å²) in [6.07, 6.45) is 3.36. The molecule has 0 radical (unpaired) electrons. The number of nitrogens with zero attached hydrogens (tertiary/aromatic N) is 1. The van der Waals surface area contributed by atoms with E-state index >= 15 is 0 Å². The van der Waals surface area contributed by atoms with Gasteiger partial charge in [-0.25, -0.2) is 4.79 Å². The molecular weight excluding hydrogens is 238 g/mol. The van der Waals surface area contributed by atoms with Gasteiger partial charge in [-0.1, -0.05) is 0 Å². The number of amides is 2. The largest absolute Gasteiger partial charge is 0.361 e. The molecular formula is C10H15N5OS. The minimum Gasteiger partial charge on any atom is -0.361 e. The lowest BCUT2D eigenvalue weighted by atomic mass is 10.4. The molecule has 0 aliphatic rings. The Balaban J connectivity index is 2.16. The maximum atomic E-state index is 10.8. The molecule has 17 heavy (non-hydrogen) atoms. The van der Waals surface area contributed by atoms with Crippen LogP contribution in [-0.2, 0) is 0 Å². The molecule has 0 bridgehead atoms. The molecule has 4 N–H and O–H groups in total. The maximum Gasteiger partial charge on any atom is 0.314 e. The minimum atomic E-state index is -0.209. The van der Waals surface area contributed by atoms with Crippen LogP contribution in [0.3, 0.4) is 0 Å². The third-order valence-electron chi connectivity index (χ3n) is 1.86. The Kier molecular flexibility index (Phi) is 5.73. The molecule has 2 amide bonds. The van der Waals surface area contributed by atoms with Gasteiger partial charge in [-0.15, -0.1) is 0 Å². The van der Waals surface area contributed by atoms with Gasteiger partial charge >= 0.3 is 6.03 Å². The van der Waals surface area contributed by atoms with Crippen LogP contribution in [0, 0.1) is 0 Å². The number of pyridine rings is 1. The highest BCUT2D eigenvalue weighted by Crippen LogP contribution is 2.01. The number of nitrogens with one attached hydrogen (secondary N) is 4. The van der Waals surface area contributed by atoms with Gasteiger partial charge in [-0.2, -0.15) is 0 Å². The van der Waals surface area contributed by atoms with Crippen LogP contribution in [0.5, 0.6) is 0 Å². The van der Waals surface area contributed by atoms with Crippen molar-refractivity contribution in [3.63, 3.8) is 0 Å². The molecule has 1 rings (SSSR count). The van der Waals surface area contributed by atoms with E-state index in [9.17, 15) is 4.79 Å². The minimum absolute atomic E-state index is 0.209. The molecule has 1 heterocycles. The van der Waals surface area contributed by atoms with Gasteiger partial charge < -0.3 is 21.3 Å². The third kappa shape index (κ3) is 5.67. The van der Waals surface area contributed by atoms with Gasteiger partial charge in [-0.05, 0) is 24.4 Å². The molecule has 92 valence electrons. The van der Waals surface area contributed by atoms with Gasteiger partial charge in [0.2, 0.25) is 0 Å². The fourth-order valence-corrected chi connectivity index (χ4v) is 1.27. The first-order valence-corrected chi connectivity index (χ1v) is 5.53. The zero-order valence-corrected chi connectivity index (χ0v) is 10.3. The van der Waals surface area contributed by atoms with Crippen LogP contribution in [0.1, 0.15) is 0 Å². The summed E-state index contributed by atoms with van der Waals surface area (Å²) in [5, 5.41) is 11.6. The van der Waals surface area contributed by atoms with E-state index in [4.69, 9.17) is 12.2 Å². The summed E-state index contributed by atoms with van der Waals surface area (Å²) in [5.41, 5.74) is 0.872. The van der Waals surface area contributed by atoms with E-state index < -0.39 is 0 Å². The summed E-state index contributed by atoms with van der Waals surface area (Å²) in [7, 11) is 1.57. The van der Waals surface area contributed by atoms with Crippen molar-refractivity contribution in [1.82, 2.24) is 20.9 Å². The van der Waals surface area contributed by atoms with E-state index in [-0.39, 0.29) is 6.03 Å². The van der Waals surface area contributed by atoms with Crippen LogP contribution in [0.15, 0.2) is 24.5 Å². The molecule has 0 fully saturated rings. The maximum absolute atomic E-state index is 10.8. The van der Waals surface area contributed by atoms with Crippen molar-refractivity contribution < 1.29 is 4.79 Å². The molecule has 7 heteroatoms. The molecule has 0 atom stereocenters. The van der Waals surface area contributed by atoms with Gasteiger partial charge in [0.1, 0.15) is 0 Å². The monoisotopic (exact) mass is 253 g/mol. The number of carbonyl (C=O) groups excluding carboxylic acids is 1. The molecule has 0 aromatic carbocycles. The molecule has 1 aromatic heterocycles. The standard InChI is InChI=1S/C10H15N5OS/c1-11-9(16)13-6-7-14-10(17)15-8-2-4-12-5-3-8/h2-5H,6-7H2,1H3,(H2,11,13,16)(H2,12,14,15,17). The summed E-state index contributed by atoms with van der Waals surface area (Å²) in [6, 6.07) is 3.42. The van der Waals surface area contributed by atoms with Crippen LogP contribution in [0.4, 0.5) is 10.5 Å². The van der Waals surface area contributed by atoms with Gasteiger partial charge in [0.25, 0.3) is 0 Å². The summed E-state index contributed by atoms with van der Waals surface area (Å²) in [6.45, 7) is 1.06. The quantitative estimate of drug-likeness (QED) is 0.458. The number of rotatable bonds is 4. The summed E-state index contributed by atoms with van der Waals surface area (Å²) in [4.78, 5) is 14.7. The van der Waals surface area contributed by atoms with Crippen molar-refractivity contribution in [3.05, 3.63) is 24.5 Å². The van der Waals surface area contributed by atoms with Gasteiger partial charge in [0.15, 0.2) is 5.11 Å². The second-order valence-electron chi connectivity index (χ2n) is 3.12. The van der Waals surface area contributed by atoms with Crippen molar-refractivity contribution in [2.24, 2.45) is 0 Å². The Hall–Kier alpha value is -1.89. The number of urea groups is 1. The van der Waals surface area contributed by atoms with Crippen molar-refractivity contribution >= 4 is 29.0 Å². The highest BCUT2D eigenvalue weighted by Gasteiger charge is 1.97. The number of aromatic nitrogens is 1. The SMILES string of the molecule is CNC(=O)NCCNC(=S)Nc1ccncc1. The lowest BCUT2D eigenvalue weighted by Gasteiger charge is -2.10. The first kappa shape index (κ1) is 13.2. The fraction of sp³-hybridized carbons (Fsp3) is 0.300. The molecule has 0 unspecified atom stereocenters. The summed E-state index contributed by atoms with van der Waals surface area (Å²) in [5.74, 6) is 0. The van der Waals surface area contributed by atoms with Gasteiger partial charge in [-0.3, -0.25) is 4.98 Å². The van der Waals surface area contributed by atoms with Crippen molar-refractivity contribution in [1.29, 1.82) is 0 Å². The topological polar surface area (TPSA) is 78.1 Å². The molecule has 0 aliphatic carbocycles. The number of hydrogen-bond acceptors (Lipinski definition) is 3. The average molecular weight is 253 g/mol. The Labute approximate surface area is 105 Å². The summed E-state index contributed by atoms with van der Waals surface area (Å²) < 4.78 is 0. The molecule has 0 aliphatic heterocycles. The summed E-state index contributed by atoms with van der Waals surface area (Å²) >= 11 is 5.07.